The Morgan fingerprint density at radius 3 is 2.58 bits per heavy atom. The van der Waals surface area contributed by atoms with Crippen molar-refractivity contribution < 1.29 is 13.2 Å². The highest BCUT2D eigenvalue weighted by Gasteiger charge is 2.34. The van der Waals surface area contributed by atoms with E-state index in [1.807, 2.05) is 12.3 Å². The van der Waals surface area contributed by atoms with Gasteiger partial charge < -0.3 is 20.4 Å². The van der Waals surface area contributed by atoms with Gasteiger partial charge in [0.2, 0.25) is 0 Å². The van der Waals surface area contributed by atoms with Crippen molar-refractivity contribution in [2.45, 2.75) is 32.1 Å². The summed E-state index contributed by atoms with van der Waals surface area (Å²) in [4.78, 5) is 14.9. The minimum Gasteiger partial charge on any atom is -0.354 e. The van der Waals surface area contributed by atoms with Crippen LogP contribution in [0.5, 0.6) is 0 Å². The molecule has 7 nitrogen and oxygen atoms in total. The third kappa shape index (κ3) is 8.26. The van der Waals surface area contributed by atoms with Crippen molar-refractivity contribution in [3.63, 3.8) is 0 Å². The zero-order valence-electron chi connectivity index (χ0n) is 18.2. The molecule has 3 heterocycles. The Morgan fingerprint density at radius 2 is 1.94 bits per heavy atom. The van der Waals surface area contributed by atoms with E-state index in [0.717, 1.165) is 44.1 Å². The third-order valence-corrected chi connectivity index (χ3v) is 5.65. The molecule has 2 fully saturated rings. The highest BCUT2D eigenvalue weighted by molar-refractivity contribution is 14.0. The first kappa shape index (κ1) is 25.9. The van der Waals surface area contributed by atoms with E-state index in [1.54, 1.807) is 7.05 Å². The molecule has 176 valence electrons. The fourth-order valence-corrected chi connectivity index (χ4v) is 3.96. The molecule has 2 aliphatic heterocycles. The number of hydrogen-bond acceptors (Lipinski definition) is 5. The molecule has 2 N–H and O–H groups in total. The van der Waals surface area contributed by atoms with Gasteiger partial charge in [-0.25, -0.2) is 4.98 Å². The second-order valence-electron chi connectivity index (χ2n) is 7.85. The Morgan fingerprint density at radius 1 is 1.19 bits per heavy atom. The van der Waals surface area contributed by atoms with E-state index >= 15 is 0 Å². The summed E-state index contributed by atoms with van der Waals surface area (Å²) in [5, 5.41) is 6.50. The van der Waals surface area contributed by atoms with Gasteiger partial charge in [0.15, 0.2) is 5.96 Å². The van der Waals surface area contributed by atoms with Gasteiger partial charge in [-0.3, -0.25) is 9.89 Å². The normalized spacial score (nSPS) is 21.1. The van der Waals surface area contributed by atoms with Crippen LogP contribution in [0.2, 0.25) is 0 Å². The van der Waals surface area contributed by atoms with Crippen molar-refractivity contribution in [1.82, 2.24) is 25.4 Å². The number of aromatic nitrogens is 1. The van der Waals surface area contributed by atoms with Crippen molar-refractivity contribution in [1.29, 1.82) is 0 Å². The van der Waals surface area contributed by atoms with Crippen LogP contribution in [-0.4, -0.2) is 92.4 Å². The number of alkyl halides is 3. The summed E-state index contributed by atoms with van der Waals surface area (Å²) in [6.07, 6.45) is -1.67. The zero-order valence-corrected chi connectivity index (χ0v) is 20.5. The summed E-state index contributed by atoms with van der Waals surface area (Å²) in [7, 11) is 1.67. The Hall–Kier alpha value is -1.34. The van der Waals surface area contributed by atoms with E-state index < -0.39 is 12.7 Å². The number of anilines is 1. The van der Waals surface area contributed by atoms with E-state index in [2.05, 4.69) is 43.4 Å². The smallest absolute Gasteiger partial charge is 0.354 e. The second-order valence-corrected chi connectivity index (χ2v) is 7.85. The standard InChI is InChI=1S/C20H32F3N7.HI/c1-3-28-8-10-30(11-9-28)18-12-16(4-6-25-18)13-26-19(24-2)27-17-5-7-29(14-17)15-20(21,22)23;/h4,6,12,17H,3,5,7-11,13-15H2,1-2H3,(H2,24,26,27);1H. The number of likely N-dealkylation sites (N-methyl/N-ethyl adjacent to an activating group) is 1. The summed E-state index contributed by atoms with van der Waals surface area (Å²) < 4.78 is 37.7. The van der Waals surface area contributed by atoms with Crippen molar-refractivity contribution >= 4 is 35.8 Å². The quantitative estimate of drug-likeness (QED) is 0.319. The lowest BCUT2D eigenvalue weighted by atomic mass is 10.2. The van der Waals surface area contributed by atoms with Gasteiger partial charge in [-0.2, -0.15) is 13.2 Å². The number of aliphatic imine (C=N–C) groups is 1. The molecule has 0 radical (unpaired) electrons. The Bertz CT molecular complexity index is 708. The first-order valence-corrected chi connectivity index (χ1v) is 10.5. The number of likely N-dealkylation sites (tertiary alicyclic amines) is 1. The van der Waals surface area contributed by atoms with Crippen molar-refractivity contribution in [2.24, 2.45) is 4.99 Å². The van der Waals surface area contributed by atoms with Crippen LogP contribution in [0.3, 0.4) is 0 Å². The number of nitrogens with one attached hydrogen (secondary N) is 2. The van der Waals surface area contributed by atoms with Crippen LogP contribution in [-0.2, 0) is 6.54 Å². The van der Waals surface area contributed by atoms with E-state index in [9.17, 15) is 13.2 Å². The maximum Gasteiger partial charge on any atom is 0.401 e. The molecule has 0 saturated carbocycles. The highest BCUT2D eigenvalue weighted by atomic mass is 127. The second kappa shape index (κ2) is 12.0. The molecule has 0 amide bonds. The summed E-state index contributed by atoms with van der Waals surface area (Å²) in [6, 6.07) is 4.01. The number of piperazine rings is 1. The number of hydrogen-bond donors (Lipinski definition) is 2. The van der Waals surface area contributed by atoms with E-state index in [-0.39, 0.29) is 30.0 Å². The number of pyridine rings is 1. The van der Waals surface area contributed by atoms with Gasteiger partial charge in [0.25, 0.3) is 0 Å². The minimum absolute atomic E-state index is 0. The largest absolute Gasteiger partial charge is 0.401 e. The Balaban J connectivity index is 0.00000341. The lowest BCUT2D eigenvalue weighted by molar-refractivity contribution is -0.143. The SMILES string of the molecule is CCN1CCN(c2cc(CNC(=NC)NC3CCN(CC(F)(F)F)C3)ccn2)CC1.I. The number of guanidine groups is 1. The molecule has 2 saturated heterocycles. The molecular formula is C20H33F3IN7. The molecule has 2 aliphatic rings. The van der Waals surface area contributed by atoms with Crippen LogP contribution in [0.1, 0.15) is 18.9 Å². The third-order valence-electron chi connectivity index (χ3n) is 5.65. The summed E-state index contributed by atoms with van der Waals surface area (Å²) in [5.74, 6) is 1.58. The minimum atomic E-state index is -4.16. The predicted molar refractivity (Wildman–Crippen MR) is 128 cm³/mol. The Labute approximate surface area is 199 Å². The average Bonchev–Trinajstić information content (AvgIpc) is 3.16. The van der Waals surface area contributed by atoms with Gasteiger partial charge in [-0.15, -0.1) is 24.0 Å². The van der Waals surface area contributed by atoms with Crippen LogP contribution in [0, 0.1) is 0 Å². The summed E-state index contributed by atoms with van der Waals surface area (Å²) in [6.45, 7) is 7.80. The lowest BCUT2D eigenvalue weighted by Crippen LogP contribution is -2.46. The van der Waals surface area contributed by atoms with Crippen molar-refractivity contribution in [3.05, 3.63) is 23.9 Å². The molecule has 1 atom stereocenters. The predicted octanol–water partition coefficient (Wildman–Crippen LogP) is 2.14. The van der Waals surface area contributed by atoms with Gasteiger partial charge in [0, 0.05) is 65.1 Å². The molecule has 0 aliphatic carbocycles. The van der Waals surface area contributed by atoms with Crippen LogP contribution >= 0.6 is 24.0 Å². The number of halogens is 4. The van der Waals surface area contributed by atoms with Gasteiger partial charge in [-0.05, 0) is 30.7 Å². The zero-order chi connectivity index (χ0) is 21.6. The van der Waals surface area contributed by atoms with Crippen LogP contribution in [0.15, 0.2) is 23.3 Å². The molecule has 1 unspecified atom stereocenters. The van der Waals surface area contributed by atoms with Gasteiger partial charge in [0.1, 0.15) is 5.82 Å². The maximum atomic E-state index is 12.6. The van der Waals surface area contributed by atoms with E-state index in [4.69, 9.17) is 0 Å². The highest BCUT2D eigenvalue weighted by Crippen LogP contribution is 2.20. The molecule has 1 aromatic rings. The number of nitrogens with zero attached hydrogens (tertiary/aromatic N) is 5. The molecular weight excluding hydrogens is 522 g/mol. The first-order valence-electron chi connectivity index (χ1n) is 10.5. The fraction of sp³-hybridized carbons (Fsp3) is 0.700. The lowest BCUT2D eigenvalue weighted by Gasteiger charge is -2.34. The van der Waals surface area contributed by atoms with Gasteiger partial charge in [-0.1, -0.05) is 6.92 Å². The molecule has 0 spiro atoms. The van der Waals surface area contributed by atoms with Gasteiger partial charge >= 0.3 is 6.18 Å². The van der Waals surface area contributed by atoms with Crippen molar-refractivity contribution in [2.75, 3.05) is 64.3 Å². The molecule has 1 aromatic heterocycles. The molecule has 11 heteroatoms. The number of rotatable bonds is 6. The topological polar surface area (TPSA) is 59.0 Å². The average molecular weight is 555 g/mol. The first-order chi connectivity index (χ1) is 14.4. The summed E-state index contributed by atoms with van der Waals surface area (Å²) in [5.41, 5.74) is 1.09. The molecule has 0 bridgehead atoms. The monoisotopic (exact) mass is 555 g/mol. The molecule has 0 aromatic carbocycles. The van der Waals surface area contributed by atoms with Crippen LogP contribution in [0.25, 0.3) is 0 Å². The van der Waals surface area contributed by atoms with E-state index in [0.29, 0.717) is 32.0 Å². The fourth-order valence-electron chi connectivity index (χ4n) is 3.96. The van der Waals surface area contributed by atoms with Gasteiger partial charge in [0.05, 0.1) is 6.54 Å². The van der Waals surface area contributed by atoms with E-state index in [1.165, 1.54) is 4.90 Å². The van der Waals surface area contributed by atoms with Crippen LogP contribution in [0.4, 0.5) is 19.0 Å². The molecule has 3 rings (SSSR count). The maximum absolute atomic E-state index is 12.6. The Kier molecular flexibility index (Phi) is 10.1. The summed E-state index contributed by atoms with van der Waals surface area (Å²) >= 11 is 0. The van der Waals surface area contributed by atoms with Crippen LogP contribution < -0.4 is 15.5 Å². The van der Waals surface area contributed by atoms with Crippen molar-refractivity contribution in [3.8, 4) is 0 Å². The molecule has 31 heavy (non-hydrogen) atoms.